The average molecular weight is 296 g/mol. The van der Waals surface area contributed by atoms with Crippen LogP contribution in [0.25, 0.3) is 0 Å². The summed E-state index contributed by atoms with van der Waals surface area (Å²) in [6.07, 6.45) is 0. The van der Waals surface area contributed by atoms with Crippen LogP contribution in [0.15, 0.2) is 48.5 Å². The highest BCUT2D eigenvalue weighted by Crippen LogP contribution is 2.20. The van der Waals surface area contributed by atoms with Crippen LogP contribution >= 0.6 is 0 Å². The predicted molar refractivity (Wildman–Crippen MR) is 92.0 cm³/mol. The van der Waals surface area contributed by atoms with Gasteiger partial charge in [-0.05, 0) is 50.5 Å². The first kappa shape index (κ1) is 16.2. The molecule has 22 heavy (non-hydrogen) atoms. The van der Waals surface area contributed by atoms with Gasteiger partial charge in [0.15, 0.2) is 0 Å². The van der Waals surface area contributed by atoms with E-state index in [9.17, 15) is 4.79 Å². The Hall–Kier alpha value is -2.13. The van der Waals surface area contributed by atoms with E-state index < -0.39 is 0 Å². The van der Waals surface area contributed by atoms with Crippen LogP contribution in [-0.4, -0.2) is 11.9 Å². The van der Waals surface area contributed by atoms with Crippen molar-refractivity contribution >= 4 is 11.6 Å². The molecule has 0 saturated carbocycles. The van der Waals surface area contributed by atoms with E-state index >= 15 is 0 Å². The minimum Gasteiger partial charge on any atom is -0.324 e. The Morgan fingerprint density at radius 1 is 1.00 bits per heavy atom. The molecule has 0 unspecified atom stereocenters. The van der Waals surface area contributed by atoms with Crippen LogP contribution in [0, 0.1) is 13.8 Å². The van der Waals surface area contributed by atoms with Crippen molar-refractivity contribution in [3.8, 4) is 0 Å². The standard InChI is InChI=1S/C19H24N2O/c1-13(2)20-18(16-8-6-5-7-9-16)19(22)21-17-12-14(3)10-11-15(17)4/h5-13,18,20H,1-4H3,(H,21,22)/t18-/m0/s1. The van der Waals surface area contributed by atoms with Gasteiger partial charge in [0.1, 0.15) is 6.04 Å². The first-order valence-electron chi connectivity index (χ1n) is 7.66. The number of benzene rings is 2. The third-order valence-corrected chi connectivity index (χ3v) is 3.55. The number of carbonyl (C=O) groups is 1. The molecule has 0 radical (unpaired) electrons. The molecular formula is C19H24N2O. The maximum Gasteiger partial charge on any atom is 0.246 e. The maximum atomic E-state index is 12.7. The van der Waals surface area contributed by atoms with E-state index in [1.807, 2.05) is 76.2 Å². The van der Waals surface area contributed by atoms with Gasteiger partial charge in [-0.25, -0.2) is 0 Å². The van der Waals surface area contributed by atoms with Gasteiger partial charge in [0.2, 0.25) is 5.91 Å². The molecule has 0 saturated heterocycles. The molecule has 0 aromatic heterocycles. The van der Waals surface area contributed by atoms with E-state index in [2.05, 4.69) is 10.6 Å². The highest BCUT2D eigenvalue weighted by Gasteiger charge is 2.21. The van der Waals surface area contributed by atoms with Gasteiger partial charge in [-0.15, -0.1) is 0 Å². The second-order valence-corrected chi connectivity index (χ2v) is 5.97. The molecule has 2 rings (SSSR count). The van der Waals surface area contributed by atoms with E-state index in [-0.39, 0.29) is 18.0 Å². The van der Waals surface area contributed by atoms with Gasteiger partial charge in [-0.3, -0.25) is 10.1 Å². The van der Waals surface area contributed by atoms with Crippen LogP contribution < -0.4 is 10.6 Å². The Morgan fingerprint density at radius 3 is 2.32 bits per heavy atom. The number of nitrogens with one attached hydrogen (secondary N) is 2. The highest BCUT2D eigenvalue weighted by molar-refractivity contribution is 5.96. The molecule has 0 aliphatic heterocycles. The Balaban J connectivity index is 2.24. The molecule has 1 amide bonds. The molecule has 3 nitrogen and oxygen atoms in total. The normalized spacial score (nSPS) is 12.2. The largest absolute Gasteiger partial charge is 0.324 e. The zero-order chi connectivity index (χ0) is 16.1. The lowest BCUT2D eigenvalue weighted by Gasteiger charge is -2.22. The molecule has 0 fully saturated rings. The number of aryl methyl sites for hydroxylation is 2. The lowest BCUT2D eigenvalue weighted by atomic mass is 10.0. The Kier molecular flexibility index (Phi) is 5.34. The van der Waals surface area contributed by atoms with Crippen LogP contribution in [-0.2, 0) is 4.79 Å². The molecule has 1 atom stereocenters. The van der Waals surface area contributed by atoms with E-state index in [1.165, 1.54) is 0 Å². The average Bonchev–Trinajstić information content (AvgIpc) is 2.49. The molecule has 2 aromatic carbocycles. The van der Waals surface area contributed by atoms with Gasteiger partial charge in [0.25, 0.3) is 0 Å². The quantitative estimate of drug-likeness (QED) is 0.876. The van der Waals surface area contributed by atoms with Crippen molar-refractivity contribution in [2.45, 2.75) is 39.8 Å². The van der Waals surface area contributed by atoms with Crippen molar-refractivity contribution in [3.63, 3.8) is 0 Å². The summed E-state index contributed by atoms with van der Waals surface area (Å²) >= 11 is 0. The number of rotatable bonds is 5. The molecule has 2 aromatic rings. The van der Waals surface area contributed by atoms with Gasteiger partial charge in [0, 0.05) is 11.7 Å². The highest BCUT2D eigenvalue weighted by atomic mass is 16.2. The van der Waals surface area contributed by atoms with Gasteiger partial charge >= 0.3 is 0 Å². The van der Waals surface area contributed by atoms with Gasteiger partial charge in [-0.1, -0.05) is 42.5 Å². The Labute approximate surface area is 132 Å². The van der Waals surface area contributed by atoms with Crippen LogP contribution in [0.5, 0.6) is 0 Å². The lowest BCUT2D eigenvalue weighted by Crippen LogP contribution is -2.37. The summed E-state index contributed by atoms with van der Waals surface area (Å²) in [7, 11) is 0. The summed E-state index contributed by atoms with van der Waals surface area (Å²) in [5, 5.41) is 6.39. The second kappa shape index (κ2) is 7.23. The van der Waals surface area contributed by atoms with Crippen molar-refractivity contribution in [3.05, 3.63) is 65.2 Å². The van der Waals surface area contributed by atoms with Gasteiger partial charge < -0.3 is 5.32 Å². The van der Waals surface area contributed by atoms with Crippen molar-refractivity contribution in [1.29, 1.82) is 0 Å². The first-order valence-corrected chi connectivity index (χ1v) is 7.66. The van der Waals surface area contributed by atoms with Crippen molar-refractivity contribution < 1.29 is 4.79 Å². The molecular weight excluding hydrogens is 272 g/mol. The van der Waals surface area contributed by atoms with Crippen LogP contribution in [0.1, 0.15) is 36.6 Å². The second-order valence-electron chi connectivity index (χ2n) is 5.97. The van der Waals surface area contributed by atoms with Crippen molar-refractivity contribution in [2.75, 3.05) is 5.32 Å². The summed E-state index contributed by atoms with van der Waals surface area (Å²) in [5.41, 5.74) is 4.04. The Morgan fingerprint density at radius 2 is 1.68 bits per heavy atom. The minimum absolute atomic E-state index is 0.0337. The van der Waals surface area contributed by atoms with Crippen molar-refractivity contribution in [2.24, 2.45) is 0 Å². The fourth-order valence-corrected chi connectivity index (χ4v) is 2.38. The Bertz CT molecular complexity index is 635. The minimum atomic E-state index is -0.360. The monoisotopic (exact) mass is 296 g/mol. The molecule has 2 N–H and O–H groups in total. The summed E-state index contributed by atoms with van der Waals surface area (Å²) in [6.45, 7) is 8.11. The summed E-state index contributed by atoms with van der Waals surface area (Å²) in [5.74, 6) is -0.0337. The van der Waals surface area contributed by atoms with E-state index in [1.54, 1.807) is 0 Å². The number of amides is 1. The third kappa shape index (κ3) is 4.18. The zero-order valence-corrected chi connectivity index (χ0v) is 13.7. The van der Waals surface area contributed by atoms with Crippen LogP contribution in [0.2, 0.25) is 0 Å². The fraction of sp³-hybridized carbons (Fsp3) is 0.316. The first-order chi connectivity index (χ1) is 10.5. The third-order valence-electron chi connectivity index (χ3n) is 3.55. The van der Waals surface area contributed by atoms with E-state index in [0.29, 0.717) is 0 Å². The van der Waals surface area contributed by atoms with Crippen LogP contribution in [0.3, 0.4) is 0 Å². The molecule has 0 spiro atoms. The number of anilines is 1. The summed E-state index contributed by atoms with van der Waals surface area (Å²) < 4.78 is 0. The SMILES string of the molecule is Cc1ccc(C)c(NC(=O)[C@@H](NC(C)C)c2ccccc2)c1. The van der Waals surface area contributed by atoms with Gasteiger partial charge in [0.05, 0.1) is 0 Å². The lowest BCUT2D eigenvalue weighted by molar-refractivity contribution is -0.118. The fourth-order valence-electron chi connectivity index (χ4n) is 2.38. The van der Waals surface area contributed by atoms with E-state index in [0.717, 1.165) is 22.4 Å². The van der Waals surface area contributed by atoms with E-state index in [4.69, 9.17) is 0 Å². The molecule has 0 aliphatic carbocycles. The predicted octanol–water partition coefficient (Wildman–Crippen LogP) is 3.98. The molecule has 3 heteroatoms. The zero-order valence-electron chi connectivity index (χ0n) is 13.7. The molecule has 0 aliphatic rings. The smallest absolute Gasteiger partial charge is 0.246 e. The molecule has 0 bridgehead atoms. The maximum absolute atomic E-state index is 12.7. The molecule has 0 heterocycles. The molecule has 116 valence electrons. The number of carbonyl (C=O) groups excluding carboxylic acids is 1. The summed E-state index contributed by atoms with van der Waals surface area (Å²) in [6, 6.07) is 15.8. The van der Waals surface area contributed by atoms with Crippen LogP contribution in [0.4, 0.5) is 5.69 Å². The number of hydrogen-bond donors (Lipinski definition) is 2. The van der Waals surface area contributed by atoms with Gasteiger partial charge in [-0.2, -0.15) is 0 Å². The number of hydrogen-bond acceptors (Lipinski definition) is 2. The summed E-state index contributed by atoms with van der Waals surface area (Å²) in [4.78, 5) is 12.7. The van der Waals surface area contributed by atoms with Crippen molar-refractivity contribution in [1.82, 2.24) is 5.32 Å². The topological polar surface area (TPSA) is 41.1 Å².